The molecule has 11 heteroatoms. The van der Waals surface area contributed by atoms with E-state index in [0.717, 1.165) is 22.0 Å². The van der Waals surface area contributed by atoms with Gasteiger partial charge in [0.15, 0.2) is 0 Å². The highest BCUT2D eigenvalue weighted by Gasteiger charge is 2.33. The van der Waals surface area contributed by atoms with Gasteiger partial charge < -0.3 is 21.2 Å². The lowest BCUT2D eigenvalue weighted by Gasteiger charge is -2.27. The van der Waals surface area contributed by atoms with Crippen molar-refractivity contribution in [3.8, 4) is 5.75 Å². The predicted molar refractivity (Wildman–Crippen MR) is 111 cm³/mol. The summed E-state index contributed by atoms with van der Waals surface area (Å²) in [5.74, 6) is 1.03. The molecule has 0 atom stereocenters. The molecule has 0 radical (unpaired) electrons. The van der Waals surface area contributed by atoms with E-state index in [1.54, 1.807) is 12.1 Å². The average molecular weight is 436 g/mol. The van der Waals surface area contributed by atoms with Crippen LogP contribution in [0.5, 0.6) is 5.75 Å². The summed E-state index contributed by atoms with van der Waals surface area (Å²) in [5, 5.41) is 11.6. The number of thiophene rings is 1. The standard InChI is InChI=1S/C19H19F3N6OS/c1-29-14-5-12(24)10(6-23)4-13(14)27-17-16-11-2-3-28(8-19(20,21)22)7-15(11)30-18(16)26-9-25-17/h4-6,9,23H,2-3,7-8,24H2,1H3,(H,25,26,27). The van der Waals surface area contributed by atoms with Crippen molar-refractivity contribution in [2.45, 2.75) is 19.1 Å². The fourth-order valence-electron chi connectivity index (χ4n) is 3.60. The molecule has 4 N–H and O–H groups in total. The summed E-state index contributed by atoms with van der Waals surface area (Å²) in [5.41, 5.74) is 8.42. The number of halogens is 3. The Labute approximate surface area is 174 Å². The smallest absolute Gasteiger partial charge is 0.401 e. The van der Waals surface area contributed by atoms with Crippen LogP contribution in [0.25, 0.3) is 10.2 Å². The Morgan fingerprint density at radius 1 is 1.37 bits per heavy atom. The van der Waals surface area contributed by atoms with Gasteiger partial charge in [-0.15, -0.1) is 11.3 Å². The van der Waals surface area contributed by atoms with Crippen LogP contribution in [0.2, 0.25) is 0 Å². The number of nitrogen functional groups attached to an aromatic ring is 1. The topological polar surface area (TPSA) is 100 Å². The number of rotatable bonds is 5. The lowest BCUT2D eigenvalue weighted by Crippen LogP contribution is -2.37. The van der Waals surface area contributed by atoms with E-state index in [2.05, 4.69) is 15.3 Å². The van der Waals surface area contributed by atoms with E-state index >= 15 is 0 Å². The number of nitrogens with two attached hydrogens (primary N) is 1. The van der Waals surface area contributed by atoms with Gasteiger partial charge in [-0.05, 0) is 18.1 Å². The van der Waals surface area contributed by atoms with Crippen LogP contribution in [-0.2, 0) is 13.0 Å². The van der Waals surface area contributed by atoms with Gasteiger partial charge in [0.1, 0.15) is 22.7 Å². The summed E-state index contributed by atoms with van der Waals surface area (Å²) in [6, 6.07) is 3.32. The molecule has 0 aliphatic carbocycles. The zero-order chi connectivity index (χ0) is 21.5. The molecular weight excluding hydrogens is 417 g/mol. The molecule has 4 rings (SSSR count). The molecule has 2 aromatic heterocycles. The van der Waals surface area contributed by atoms with Crippen LogP contribution in [0.1, 0.15) is 16.0 Å². The minimum atomic E-state index is -4.22. The molecule has 0 bridgehead atoms. The first kappa shape index (κ1) is 20.4. The second-order valence-corrected chi connectivity index (χ2v) is 8.02. The summed E-state index contributed by atoms with van der Waals surface area (Å²) in [4.78, 5) is 11.7. The summed E-state index contributed by atoms with van der Waals surface area (Å²) in [7, 11) is 1.52. The number of hydrogen-bond donors (Lipinski definition) is 3. The molecule has 158 valence electrons. The monoisotopic (exact) mass is 436 g/mol. The number of anilines is 3. The summed E-state index contributed by atoms with van der Waals surface area (Å²) >= 11 is 1.39. The quantitative estimate of drug-likeness (QED) is 0.414. The predicted octanol–water partition coefficient (Wildman–Crippen LogP) is 3.94. The molecule has 1 aromatic carbocycles. The van der Waals surface area contributed by atoms with Gasteiger partial charge >= 0.3 is 6.18 Å². The van der Waals surface area contributed by atoms with Gasteiger partial charge in [-0.25, -0.2) is 9.97 Å². The molecule has 0 unspecified atom stereocenters. The Bertz CT molecular complexity index is 1110. The van der Waals surface area contributed by atoms with Crippen LogP contribution in [0, 0.1) is 5.41 Å². The fourth-order valence-corrected chi connectivity index (χ4v) is 4.83. The first-order valence-electron chi connectivity index (χ1n) is 9.08. The van der Waals surface area contributed by atoms with Crippen molar-refractivity contribution in [1.82, 2.24) is 14.9 Å². The van der Waals surface area contributed by atoms with Gasteiger partial charge in [0.2, 0.25) is 0 Å². The van der Waals surface area contributed by atoms with Gasteiger partial charge in [-0.1, -0.05) is 0 Å². The van der Waals surface area contributed by atoms with E-state index < -0.39 is 12.7 Å². The van der Waals surface area contributed by atoms with E-state index in [1.165, 1.54) is 29.7 Å². The van der Waals surface area contributed by atoms with Crippen LogP contribution in [-0.4, -0.2) is 47.5 Å². The Morgan fingerprint density at radius 2 is 2.17 bits per heavy atom. The second-order valence-electron chi connectivity index (χ2n) is 6.93. The van der Waals surface area contributed by atoms with Gasteiger partial charge in [0, 0.05) is 41.5 Å². The van der Waals surface area contributed by atoms with E-state index in [4.69, 9.17) is 15.9 Å². The Morgan fingerprint density at radius 3 is 2.87 bits per heavy atom. The molecule has 1 aliphatic heterocycles. The van der Waals surface area contributed by atoms with Crippen molar-refractivity contribution in [1.29, 1.82) is 5.41 Å². The minimum Gasteiger partial charge on any atom is -0.494 e. The number of methoxy groups -OCH3 is 1. The number of nitrogens with zero attached hydrogens (tertiary/aromatic N) is 3. The average Bonchev–Trinajstić information content (AvgIpc) is 3.06. The molecule has 0 saturated heterocycles. The number of nitrogens with one attached hydrogen (secondary N) is 2. The van der Waals surface area contributed by atoms with Gasteiger partial charge in [-0.3, -0.25) is 4.90 Å². The number of benzene rings is 1. The maximum absolute atomic E-state index is 12.8. The zero-order valence-electron chi connectivity index (χ0n) is 16.0. The Hall–Kier alpha value is -2.92. The molecule has 30 heavy (non-hydrogen) atoms. The molecule has 0 fully saturated rings. The zero-order valence-corrected chi connectivity index (χ0v) is 16.8. The van der Waals surface area contributed by atoms with Crippen LogP contribution in [0.15, 0.2) is 18.5 Å². The number of fused-ring (bicyclic) bond motifs is 3. The van der Waals surface area contributed by atoms with E-state index in [-0.39, 0.29) is 6.54 Å². The Balaban J connectivity index is 1.72. The molecule has 3 aromatic rings. The maximum Gasteiger partial charge on any atom is 0.401 e. The van der Waals surface area contributed by atoms with Crippen LogP contribution in [0.4, 0.5) is 30.4 Å². The first-order valence-corrected chi connectivity index (χ1v) is 9.90. The normalized spacial score (nSPS) is 14.5. The maximum atomic E-state index is 12.8. The van der Waals surface area contributed by atoms with Gasteiger partial charge in [0.25, 0.3) is 0 Å². The largest absolute Gasteiger partial charge is 0.494 e. The summed E-state index contributed by atoms with van der Waals surface area (Å²) < 4.78 is 43.7. The first-order chi connectivity index (χ1) is 14.3. The van der Waals surface area contributed by atoms with Crippen molar-refractivity contribution in [2.75, 3.05) is 31.2 Å². The van der Waals surface area contributed by atoms with Gasteiger partial charge in [-0.2, -0.15) is 13.2 Å². The highest BCUT2D eigenvalue weighted by atomic mass is 32.1. The third-order valence-corrected chi connectivity index (χ3v) is 6.06. The Kier molecular flexibility index (Phi) is 5.24. The molecule has 0 saturated carbocycles. The van der Waals surface area contributed by atoms with Crippen molar-refractivity contribution in [3.05, 3.63) is 34.5 Å². The highest BCUT2D eigenvalue weighted by Crippen LogP contribution is 2.40. The minimum absolute atomic E-state index is 0.235. The van der Waals surface area contributed by atoms with Crippen molar-refractivity contribution >= 4 is 45.0 Å². The molecular formula is C19H19F3N6OS. The fraction of sp³-hybridized carbons (Fsp3) is 0.316. The second kappa shape index (κ2) is 7.73. The van der Waals surface area contributed by atoms with Crippen molar-refractivity contribution < 1.29 is 17.9 Å². The number of alkyl halides is 3. The number of hydrogen-bond acceptors (Lipinski definition) is 8. The number of aromatic nitrogens is 2. The molecule has 0 spiro atoms. The summed E-state index contributed by atoms with van der Waals surface area (Å²) in [6.07, 6.45) is -1.17. The van der Waals surface area contributed by atoms with E-state index in [0.29, 0.717) is 46.3 Å². The highest BCUT2D eigenvalue weighted by molar-refractivity contribution is 7.19. The van der Waals surface area contributed by atoms with Gasteiger partial charge in [0.05, 0.1) is 24.7 Å². The van der Waals surface area contributed by atoms with Crippen LogP contribution in [0.3, 0.4) is 0 Å². The molecule has 1 aliphatic rings. The molecule has 7 nitrogen and oxygen atoms in total. The molecule has 3 heterocycles. The number of ether oxygens (including phenoxy) is 1. The summed E-state index contributed by atoms with van der Waals surface area (Å²) in [6.45, 7) is -0.374. The van der Waals surface area contributed by atoms with Crippen molar-refractivity contribution in [3.63, 3.8) is 0 Å². The SMILES string of the molecule is COc1cc(N)c(C=N)cc1Nc1ncnc2sc3c(c12)CCN(CC(F)(F)F)C3. The van der Waals surface area contributed by atoms with E-state index in [1.807, 2.05) is 0 Å². The van der Waals surface area contributed by atoms with Crippen LogP contribution >= 0.6 is 11.3 Å². The molecule has 0 amide bonds. The van der Waals surface area contributed by atoms with Crippen LogP contribution < -0.4 is 15.8 Å². The van der Waals surface area contributed by atoms with E-state index in [9.17, 15) is 13.2 Å². The lowest BCUT2D eigenvalue weighted by molar-refractivity contribution is -0.147. The third-order valence-electron chi connectivity index (χ3n) is 4.93. The lowest BCUT2D eigenvalue weighted by atomic mass is 10.0. The third kappa shape index (κ3) is 3.90. The van der Waals surface area contributed by atoms with Crippen molar-refractivity contribution in [2.24, 2.45) is 0 Å².